The number of carbonyl (C=O) groups is 1. The molecule has 0 unspecified atom stereocenters. The summed E-state index contributed by atoms with van der Waals surface area (Å²) in [4.78, 5) is 11.7. The predicted molar refractivity (Wildman–Crippen MR) is 62.4 cm³/mol. The van der Waals surface area contributed by atoms with E-state index in [9.17, 15) is 4.79 Å². The molecule has 0 heterocycles. The quantitative estimate of drug-likeness (QED) is 0.634. The molecule has 15 heavy (non-hydrogen) atoms. The lowest BCUT2D eigenvalue weighted by atomic mass is 9.85. The molecule has 2 rings (SSSR count). The Bertz CT molecular complexity index is 376. The van der Waals surface area contributed by atoms with Gasteiger partial charge in [0.15, 0.2) is 5.78 Å². The number of hydrogen-bond acceptors (Lipinski definition) is 1. The second-order valence-electron chi connectivity index (χ2n) is 4.35. The van der Waals surface area contributed by atoms with Crippen LogP contribution < -0.4 is 0 Å². The van der Waals surface area contributed by atoms with E-state index in [4.69, 9.17) is 0 Å². The minimum atomic E-state index is 0.331. The third-order valence-electron chi connectivity index (χ3n) is 2.93. The molecular formula is C14H16O. The van der Waals surface area contributed by atoms with Gasteiger partial charge in [-0.25, -0.2) is 0 Å². The molecular weight excluding hydrogens is 184 g/mol. The van der Waals surface area contributed by atoms with Crippen LogP contribution in [0.5, 0.6) is 0 Å². The second kappa shape index (κ2) is 4.43. The van der Waals surface area contributed by atoms with Gasteiger partial charge >= 0.3 is 0 Å². The van der Waals surface area contributed by atoms with Crippen LogP contribution >= 0.6 is 0 Å². The van der Waals surface area contributed by atoms with E-state index in [-0.39, 0.29) is 0 Å². The minimum Gasteiger partial charge on any atom is -0.295 e. The fourth-order valence-electron chi connectivity index (χ4n) is 2.02. The van der Waals surface area contributed by atoms with Crippen molar-refractivity contribution in [1.82, 2.24) is 0 Å². The van der Waals surface area contributed by atoms with Crippen molar-refractivity contribution in [2.45, 2.75) is 26.2 Å². The molecule has 0 amide bonds. The van der Waals surface area contributed by atoms with Gasteiger partial charge in [-0.15, -0.1) is 0 Å². The van der Waals surface area contributed by atoms with E-state index in [2.05, 4.69) is 6.92 Å². The zero-order valence-electron chi connectivity index (χ0n) is 9.07. The number of allylic oxidation sites excluding steroid dienone is 1. The summed E-state index contributed by atoms with van der Waals surface area (Å²) in [6.45, 7) is 2.21. The summed E-state index contributed by atoms with van der Waals surface area (Å²) in [7, 11) is 0. The van der Waals surface area contributed by atoms with Gasteiger partial charge in [-0.2, -0.15) is 0 Å². The van der Waals surface area contributed by atoms with E-state index in [1.807, 2.05) is 36.4 Å². The van der Waals surface area contributed by atoms with Crippen LogP contribution in [0, 0.1) is 5.92 Å². The zero-order chi connectivity index (χ0) is 10.7. The summed E-state index contributed by atoms with van der Waals surface area (Å²) in [6, 6.07) is 10.1. The van der Waals surface area contributed by atoms with Crippen molar-refractivity contribution in [1.29, 1.82) is 0 Å². The lowest BCUT2D eigenvalue weighted by molar-refractivity contribution is -0.116. The van der Waals surface area contributed by atoms with Gasteiger partial charge in [-0.3, -0.25) is 4.79 Å². The number of carbonyl (C=O) groups excluding carboxylic acids is 1. The minimum absolute atomic E-state index is 0.331. The third-order valence-corrected chi connectivity index (χ3v) is 2.93. The molecule has 1 aromatic rings. The van der Waals surface area contributed by atoms with Crippen molar-refractivity contribution >= 4 is 11.9 Å². The second-order valence-corrected chi connectivity index (χ2v) is 4.35. The van der Waals surface area contributed by atoms with Gasteiger partial charge in [-0.05, 0) is 36.0 Å². The average Bonchev–Trinajstić information content (AvgIpc) is 2.25. The Morgan fingerprint density at radius 3 is 2.73 bits per heavy atom. The topological polar surface area (TPSA) is 17.1 Å². The maximum atomic E-state index is 11.7. The van der Waals surface area contributed by atoms with Crippen molar-refractivity contribution in [2.75, 3.05) is 0 Å². The Labute approximate surface area is 90.8 Å². The van der Waals surface area contributed by atoms with E-state index in [0.717, 1.165) is 30.4 Å². The molecule has 1 aliphatic carbocycles. The fourth-order valence-corrected chi connectivity index (χ4v) is 2.02. The van der Waals surface area contributed by atoms with Gasteiger partial charge in [0.25, 0.3) is 0 Å². The van der Waals surface area contributed by atoms with Gasteiger partial charge in [0, 0.05) is 6.42 Å². The van der Waals surface area contributed by atoms with E-state index in [1.165, 1.54) is 0 Å². The average molecular weight is 200 g/mol. The molecule has 1 fully saturated rings. The largest absolute Gasteiger partial charge is 0.295 e. The molecule has 1 aromatic carbocycles. The smallest absolute Gasteiger partial charge is 0.158 e. The highest BCUT2D eigenvalue weighted by molar-refractivity contribution is 6.00. The van der Waals surface area contributed by atoms with Crippen molar-refractivity contribution < 1.29 is 4.79 Å². The van der Waals surface area contributed by atoms with Crippen molar-refractivity contribution in [2.24, 2.45) is 5.92 Å². The van der Waals surface area contributed by atoms with Crippen LogP contribution in [0.25, 0.3) is 6.08 Å². The van der Waals surface area contributed by atoms with Crippen molar-refractivity contribution in [3.63, 3.8) is 0 Å². The van der Waals surface area contributed by atoms with Crippen molar-refractivity contribution in [3.05, 3.63) is 41.5 Å². The van der Waals surface area contributed by atoms with Gasteiger partial charge in [0.2, 0.25) is 0 Å². The molecule has 0 spiro atoms. The lowest BCUT2D eigenvalue weighted by Gasteiger charge is -2.19. The van der Waals surface area contributed by atoms with Gasteiger partial charge < -0.3 is 0 Å². The highest BCUT2D eigenvalue weighted by Crippen LogP contribution is 2.26. The fraction of sp³-hybridized carbons (Fsp3) is 0.357. The number of ketones is 1. The number of Topliss-reactive ketones (excluding diaryl/α,β-unsaturated/α-hetero) is 1. The van der Waals surface area contributed by atoms with Crippen LogP contribution in [0.2, 0.25) is 0 Å². The lowest BCUT2D eigenvalue weighted by Crippen LogP contribution is -2.14. The molecule has 1 aliphatic rings. The molecule has 0 aromatic heterocycles. The van der Waals surface area contributed by atoms with Gasteiger partial charge in [0.1, 0.15) is 0 Å². The Balaban J connectivity index is 2.22. The van der Waals surface area contributed by atoms with E-state index >= 15 is 0 Å². The molecule has 1 saturated carbocycles. The number of hydrogen-bond donors (Lipinski definition) is 0. The van der Waals surface area contributed by atoms with Crippen LogP contribution in [0.3, 0.4) is 0 Å². The van der Waals surface area contributed by atoms with E-state index in [0.29, 0.717) is 11.7 Å². The van der Waals surface area contributed by atoms with Gasteiger partial charge in [-0.1, -0.05) is 37.3 Å². The Morgan fingerprint density at radius 1 is 1.27 bits per heavy atom. The summed E-state index contributed by atoms with van der Waals surface area (Å²) < 4.78 is 0. The number of rotatable bonds is 1. The molecule has 0 saturated heterocycles. The summed E-state index contributed by atoms with van der Waals surface area (Å²) in [5.41, 5.74) is 2.13. The van der Waals surface area contributed by atoms with Gasteiger partial charge in [0.05, 0.1) is 0 Å². The van der Waals surface area contributed by atoms with Crippen LogP contribution in [0.1, 0.15) is 31.7 Å². The molecule has 1 nitrogen and oxygen atoms in total. The molecule has 0 radical (unpaired) electrons. The Morgan fingerprint density at radius 2 is 2.00 bits per heavy atom. The molecule has 0 bridgehead atoms. The Kier molecular flexibility index (Phi) is 3.00. The first-order valence-electron chi connectivity index (χ1n) is 5.54. The molecule has 1 atom stereocenters. The van der Waals surface area contributed by atoms with Crippen LogP contribution in [0.4, 0.5) is 0 Å². The van der Waals surface area contributed by atoms with E-state index < -0.39 is 0 Å². The first kappa shape index (κ1) is 10.2. The highest BCUT2D eigenvalue weighted by Gasteiger charge is 2.19. The maximum absolute atomic E-state index is 11.7. The Hall–Kier alpha value is -1.37. The third kappa shape index (κ3) is 2.56. The maximum Gasteiger partial charge on any atom is 0.158 e. The molecule has 0 aliphatic heterocycles. The standard InChI is InChI=1S/C14H16O/c1-11-7-8-14(15)13(9-11)10-12-5-3-2-4-6-12/h2-6,10-11H,7-9H2,1H3/b13-10+/t11-/m0/s1. The first-order chi connectivity index (χ1) is 7.25. The van der Waals surface area contributed by atoms with Crippen molar-refractivity contribution in [3.8, 4) is 0 Å². The SMILES string of the molecule is C[C@H]1CCC(=O)/C(=C/c2ccccc2)C1. The summed E-state index contributed by atoms with van der Waals surface area (Å²) in [5.74, 6) is 0.981. The highest BCUT2D eigenvalue weighted by atomic mass is 16.1. The molecule has 0 N–H and O–H groups in total. The van der Waals surface area contributed by atoms with Crippen LogP contribution in [-0.4, -0.2) is 5.78 Å². The molecule has 1 heteroatoms. The normalized spacial score (nSPS) is 24.5. The first-order valence-corrected chi connectivity index (χ1v) is 5.54. The van der Waals surface area contributed by atoms with Crippen LogP contribution in [-0.2, 0) is 4.79 Å². The summed E-state index contributed by atoms with van der Waals surface area (Å²) >= 11 is 0. The van der Waals surface area contributed by atoms with E-state index in [1.54, 1.807) is 0 Å². The summed E-state index contributed by atoms with van der Waals surface area (Å²) in [6.07, 6.45) is 4.75. The predicted octanol–water partition coefficient (Wildman–Crippen LogP) is 3.46. The summed E-state index contributed by atoms with van der Waals surface area (Å²) in [5, 5.41) is 0. The number of benzene rings is 1. The zero-order valence-corrected chi connectivity index (χ0v) is 9.07. The molecule has 78 valence electrons. The monoisotopic (exact) mass is 200 g/mol. The van der Waals surface area contributed by atoms with Crippen LogP contribution in [0.15, 0.2) is 35.9 Å².